The Morgan fingerprint density at radius 2 is 1.83 bits per heavy atom. The molecule has 1 aliphatic carbocycles. The fraction of sp³-hybridized carbons (Fsp3) is 1.00. The number of ether oxygens (including phenoxy) is 1. The SMILES string of the molecule is CC1(C)OC2CCC1CCC2O. The van der Waals surface area contributed by atoms with Crippen LogP contribution in [0.1, 0.15) is 39.5 Å². The minimum absolute atomic E-state index is 0.000394. The van der Waals surface area contributed by atoms with Crippen LogP contribution < -0.4 is 0 Å². The van der Waals surface area contributed by atoms with Gasteiger partial charge in [0.25, 0.3) is 0 Å². The molecule has 3 atom stereocenters. The summed E-state index contributed by atoms with van der Waals surface area (Å²) in [5.41, 5.74) is 0.000394. The first-order valence-corrected chi connectivity index (χ1v) is 4.95. The van der Waals surface area contributed by atoms with E-state index in [9.17, 15) is 5.11 Å². The predicted molar refractivity (Wildman–Crippen MR) is 46.9 cm³/mol. The Morgan fingerprint density at radius 3 is 2.50 bits per heavy atom. The first-order chi connectivity index (χ1) is 5.59. The lowest BCUT2D eigenvalue weighted by atomic mass is 9.83. The maximum atomic E-state index is 9.68. The van der Waals surface area contributed by atoms with Crippen LogP contribution in [0.2, 0.25) is 0 Å². The topological polar surface area (TPSA) is 29.5 Å². The Bertz CT molecular complexity index is 177. The summed E-state index contributed by atoms with van der Waals surface area (Å²) >= 11 is 0. The van der Waals surface area contributed by atoms with Gasteiger partial charge in [-0.05, 0) is 45.4 Å². The van der Waals surface area contributed by atoms with Crippen molar-refractivity contribution >= 4 is 0 Å². The van der Waals surface area contributed by atoms with E-state index in [1.165, 1.54) is 6.42 Å². The number of hydrogen-bond acceptors (Lipinski definition) is 2. The van der Waals surface area contributed by atoms with E-state index in [1.807, 2.05) is 0 Å². The molecule has 0 aromatic heterocycles. The molecular weight excluding hydrogens is 152 g/mol. The van der Waals surface area contributed by atoms with Crippen molar-refractivity contribution in [2.24, 2.45) is 5.92 Å². The molecule has 0 radical (unpaired) electrons. The number of fused-ring (bicyclic) bond motifs is 4. The van der Waals surface area contributed by atoms with Crippen molar-refractivity contribution in [3.05, 3.63) is 0 Å². The molecule has 2 nitrogen and oxygen atoms in total. The van der Waals surface area contributed by atoms with Crippen LogP contribution in [-0.2, 0) is 4.74 Å². The van der Waals surface area contributed by atoms with Gasteiger partial charge in [-0.2, -0.15) is 0 Å². The second kappa shape index (κ2) is 2.71. The van der Waals surface area contributed by atoms with E-state index in [-0.39, 0.29) is 17.8 Å². The molecule has 2 aliphatic heterocycles. The summed E-state index contributed by atoms with van der Waals surface area (Å²) in [5.74, 6) is 0.658. The summed E-state index contributed by atoms with van der Waals surface area (Å²) in [6.07, 6.45) is 4.24. The number of aliphatic hydroxyl groups excluding tert-OH is 1. The Morgan fingerprint density at radius 1 is 1.17 bits per heavy atom. The van der Waals surface area contributed by atoms with Gasteiger partial charge in [0.2, 0.25) is 0 Å². The Hall–Kier alpha value is -0.0800. The normalized spacial score (nSPS) is 45.8. The molecule has 2 heteroatoms. The summed E-state index contributed by atoms with van der Waals surface area (Å²) in [4.78, 5) is 0. The molecule has 3 rings (SSSR count). The van der Waals surface area contributed by atoms with Crippen molar-refractivity contribution in [2.45, 2.75) is 57.3 Å². The number of hydrogen-bond donors (Lipinski definition) is 1. The first-order valence-electron chi connectivity index (χ1n) is 4.95. The lowest BCUT2D eigenvalue weighted by Crippen LogP contribution is -2.43. The minimum Gasteiger partial charge on any atom is -0.390 e. The van der Waals surface area contributed by atoms with Gasteiger partial charge in [-0.15, -0.1) is 0 Å². The first kappa shape index (κ1) is 8.52. The smallest absolute Gasteiger partial charge is 0.0841 e. The Kier molecular flexibility index (Phi) is 1.92. The highest BCUT2D eigenvalue weighted by atomic mass is 16.5. The van der Waals surface area contributed by atoms with Gasteiger partial charge in [-0.25, -0.2) is 0 Å². The third-order valence-electron chi connectivity index (χ3n) is 3.48. The van der Waals surface area contributed by atoms with Gasteiger partial charge in [0, 0.05) is 0 Å². The molecule has 12 heavy (non-hydrogen) atoms. The van der Waals surface area contributed by atoms with Crippen molar-refractivity contribution < 1.29 is 9.84 Å². The molecule has 2 heterocycles. The molecule has 0 aromatic carbocycles. The second-order valence-electron chi connectivity index (χ2n) is 4.68. The van der Waals surface area contributed by atoms with E-state index >= 15 is 0 Å². The van der Waals surface area contributed by atoms with Gasteiger partial charge >= 0.3 is 0 Å². The van der Waals surface area contributed by atoms with Gasteiger partial charge < -0.3 is 9.84 Å². The average molecular weight is 170 g/mol. The monoisotopic (exact) mass is 170 g/mol. The molecule has 1 saturated carbocycles. The van der Waals surface area contributed by atoms with E-state index in [0.29, 0.717) is 5.92 Å². The second-order valence-corrected chi connectivity index (χ2v) is 4.68. The maximum Gasteiger partial charge on any atom is 0.0841 e. The fourth-order valence-electron chi connectivity index (χ4n) is 2.58. The Labute approximate surface area is 73.9 Å². The molecule has 3 unspecified atom stereocenters. The molecule has 0 spiro atoms. The molecule has 3 fully saturated rings. The van der Waals surface area contributed by atoms with Crippen LogP contribution in [0.5, 0.6) is 0 Å². The largest absolute Gasteiger partial charge is 0.390 e. The number of rotatable bonds is 0. The molecule has 0 aromatic rings. The molecule has 1 N–H and O–H groups in total. The van der Waals surface area contributed by atoms with Gasteiger partial charge in [0.15, 0.2) is 0 Å². The van der Waals surface area contributed by atoms with Crippen molar-refractivity contribution in [3.63, 3.8) is 0 Å². The highest BCUT2D eigenvalue weighted by Gasteiger charge is 2.42. The van der Waals surface area contributed by atoms with Crippen molar-refractivity contribution in [1.29, 1.82) is 0 Å². The molecule has 3 aliphatic rings. The van der Waals surface area contributed by atoms with Crippen LogP contribution in [0.15, 0.2) is 0 Å². The maximum absolute atomic E-state index is 9.68. The van der Waals surface area contributed by atoms with Crippen LogP contribution in [-0.4, -0.2) is 22.9 Å². The van der Waals surface area contributed by atoms with Crippen LogP contribution >= 0.6 is 0 Å². The summed E-state index contributed by atoms with van der Waals surface area (Å²) in [7, 11) is 0. The molecule has 2 bridgehead atoms. The highest BCUT2D eigenvalue weighted by molar-refractivity contribution is 4.92. The summed E-state index contributed by atoms with van der Waals surface area (Å²) in [5, 5.41) is 9.68. The van der Waals surface area contributed by atoms with E-state index in [2.05, 4.69) is 13.8 Å². The van der Waals surface area contributed by atoms with Gasteiger partial charge in [0.1, 0.15) is 0 Å². The van der Waals surface area contributed by atoms with Crippen molar-refractivity contribution in [2.75, 3.05) is 0 Å². The predicted octanol–water partition coefficient (Wildman–Crippen LogP) is 1.71. The summed E-state index contributed by atoms with van der Waals surface area (Å²) in [6.45, 7) is 4.31. The summed E-state index contributed by atoms with van der Waals surface area (Å²) in [6, 6.07) is 0. The third kappa shape index (κ3) is 1.27. The van der Waals surface area contributed by atoms with Crippen LogP contribution in [0.25, 0.3) is 0 Å². The zero-order chi connectivity index (χ0) is 8.77. The third-order valence-corrected chi connectivity index (χ3v) is 3.48. The van der Waals surface area contributed by atoms with E-state index < -0.39 is 0 Å². The highest BCUT2D eigenvalue weighted by Crippen LogP contribution is 2.41. The summed E-state index contributed by atoms with van der Waals surface area (Å²) < 4.78 is 5.86. The molecule has 70 valence electrons. The molecule has 0 amide bonds. The molecular formula is C10H18O2. The van der Waals surface area contributed by atoms with Gasteiger partial charge in [0.05, 0.1) is 17.8 Å². The zero-order valence-corrected chi connectivity index (χ0v) is 7.92. The zero-order valence-electron chi connectivity index (χ0n) is 7.92. The molecule has 2 saturated heterocycles. The van der Waals surface area contributed by atoms with E-state index in [0.717, 1.165) is 19.3 Å². The van der Waals surface area contributed by atoms with Crippen LogP contribution in [0.3, 0.4) is 0 Å². The number of aliphatic hydroxyl groups is 1. The average Bonchev–Trinajstić information content (AvgIpc) is 2.19. The van der Waals surface area contributed by atoms with Crippen LogP contribution in [0, 0.1) is 5.92 Å². The van der Waals surface area contributed by atoms with Crippen LogP contribution in [0.4, 0.5) is 0 Å². The lowest BCUT2D eigenvalue weighted by Gasteiger charge is -2.40. The van der Waals surface area contributed by atoms with Crippen molar-refractivity contribution in [3.8, 4) is 0 Å². The van der Waals surface area contributed by atoms with E-state index in [4.69, 9.17) is 4.74 Å². The Balaban J connectivity index is 2.19. The lowest BCUT2D eigenvalue weighted by molar-refractivity contribution is -0.155. The van der Waals surface area contributed by atoms with Crippen molar-refractivity contribution in [1.82, 2.24) is 0 Å². The van der Waals surface area contributed by atoms with E-state index in [1.54, 1.807) is 0 Å². The van der Waals surface area contributed by atoms with Gasteiger partial charge in [-0.3, -0.25) is 0 Å². The van der Waals surface area contributed by atoms with Gasteiger partial charge in [-0.1, -0.05) is 0 Å². The fourth-order valence-corrected chi connectivity index (χ4v) is 2.58. The minimum atomic E-state index is -0.211. The standard InChI is InChI=1S/C10H18O2/c1-10(2)7-3-5-8(11)9(12-10)6-4-7/h7-9,11H,3-6H2,1-2H3. The quantitative estimate of drug-likeness (QED) is 0.599.